The molecular weight excluding hydrogens is 367 g/mol. The SMILES string of the molecule is CC1(C2CC2)NC(=O)CCN(c2cccc(I)c2)C1=O. The highest BCUT2D eigenvalue weighted by Crippen LogP contribution is 2.42. The lowest BCUT2D eigenvalue weighted by Crippen LogP contribution is -2.56. The molecule has 1 unspecified atom stereocenters. The van der Waals surface area contributed by atoms with E-state index < -0.39 is 5.54 Å². The summed E-state index contributed by atoms with van der Waals surface area (Å²) >= 11 is 2.24. The minimum absolute atomic E-state index is 0.0212. The lowest BCUT2D eigenvalue weighted by molar-refractivity contribution is -0.130. The molecule has 1 aliphatic heterocycles. The topological polar surface area (TPSA) is 49.4 Å². The Morgan fingerprint density at radius 2 is 2.10 bits per heavy atom. The summed E-state index contributed by atoms with van der Waals surface area (Å²) in [4.78, 5) is 26.6. The van der Waals surface area contributed by atoms with E-state index in [1.165, 1.54) is 0 Å². The summed E-state index contributed by atoms with van der Waals surface area (Å²) in [5.41, 5.74) is 0.139. The fraction of sp³-hybridized carbons (Fsp3) is 0.467. The van der Waals surface area contributed by atoms with Crippen LogP contribution in [0, 0.1) is 9.49 Å². The largest absolute Gasteiger partial charge is 0.342 e. The Morgan fingerprint density at radius 3 is 2.75 bits per heavy atom. The van der Waals surface area contributed by atoms with Crippen LogP contribution in [0.15, 0.2) is 24.3 Å². The minimum Gasteiger partial charge on any atom is -0.342 e. The summed E-state index contributed by atoms with van der Waals surface area (Å²) in [7, 11) is 0. The Balaban J connectivity index is 1.97. The van der Waals surface area contributed by atoms with Gasteiger partial charge in [-0.25, -0.2) is 0 Å². The van der Waals surface area contributed by atoms with Crippen molar-refractivity contribution in [2.45, 2.75) is 31.7 Å². The molecule has 5 heteroatoms. The zero-order valence-corrected chi connectivity index (χ0v) is 13.5. The molecule has 1 aromatic rings. The highest BCUT2D eigenvalue weighted by Gasteiger charge is 2.51. The summed E-state index contributed by atoms with van der Waals surface area (Å²) in [5.74, 6) is 0.274. The first-order valence-corrected chi connectivity index (χ1v) is 7.97. The van der Waals surface area contributed by atoms with Crippen LogP contribution in [-0.4, -0.2) is 23.9 Å². The molecule has 0 aromatic heterocycles. The van der Waals surface area contributed by atoms with Gasteiger partial charge in [0, 0.05) is 22.2 Å². The Hall–Kier alpha value is -1.11. The second kappa shape index (κ2) is 5.02. The van der Waals surface area contributed by atoms with Crippen molar-refractivity contribution in [2.24, 2.45) is 5.92 Å². The molecule has 4 nitrogen and oxygen atoms in total. The van der Waals surface area contributed by atoms with Gasteiger partial charge in [0.15, 0.2) is 0 Å². The summed E-state index contributed by atoms with van der Waals surface area (Å²) in [6.45, 7) is 2.32. The van der Waals surface area contributed by atoms with Crippen LogP contribution in [0.1, 0.15) is 26.2 Å². The monoisotopic (exact) mass is 384 g/mol. The van der Waals surface area contributed by atoms with Crippen LogP contribution in [0.3, 0.4) is 0 Å². The second-order valence-corrected chi connectivity index (χ2v) is 6.96. The Bertz CT molecular complexity index is 571. The van der Waals surface area contributed by atoms with E-state index in [-0.39, 0.29) is 17.7 Å². The van der Waals surface area contributed by atoms with Gasteiger partial charge in [-0.15, -0.1) is 0 Å². The van der Waals surface area contributed by atoms with E-state index in [0.717, 1.165) is 22.1 Å². The van der Waals surface area contributed by atoms with Gasteiger partial charge < -0.3 is 10.2 Å². The predicted molar refractivity (Wildman–Crippen MR) is 85.4 cm³/mol. The fourth-order valence-electron chi connectivity index (χ4n) is 2.83. The number of carbonyl (C=O) groups excluding carboxylic acids is 2. The van der Waals surface area contributed by atoms with E-state index in [9.17, 15) is 9.59 Å². The first-order chi connectivity index (χ1) is 9.50. The molecule has 20 heavy (non-hydrogen) atoms. The molecule has 2 amide bonds. The zero-order valence-electron chi connectivity index (χ0n) is 11.4. The molecule has 3 rings (SSSR count). The number of carbonyl (C=O) groups is 2. The smallest absolute Gasteiger partial charge is 0.252 e. The molecule has 106 valence electrons. The number of benzene rings is 1. The van der Waals surface area contributed by atoms with Crippen LogP contribution in [-0.2, 0) is 9.59 Å². The molecule has 1 aromatic carbocycles. The van der Waals surface area contributed by atoms with Crippen molar-refractivity contribution in [2.75, 3.05) is 11.4 Å². The first-order valence-electron chi connectivity index (χ1n) is 6.89. The normalized spacial score (nSPS) is 27.2. The van der Waals surface area contributed by atoms with Gasteiger partial charge in [0.1, 0.15) is 5.54 Å². The van der Waals surface area contributed by atoms with Gasteiger partial charge >= 0.3 is 0 Å². The van der Waals surface area contributed by atoms with E-state index in [0.29, 0.717) is 13.0 Å². The number of amides is 2. The Morgan fingerprint density at radius 1 is 1.35 bits per heavy atom. The zero-order chi connectivity index (χ0) is 14.3. The Labute approximate surface area is 132 Å². The van der Waals surface area contributed by atoms with Gasteiger partial charge in [-0.05, 0) is 66.5 Å². The third-order valence-corrected chi connectivity index (χ3v) is 4.84. The van der Waals surface area contributed by atoms with Crippen LogP contribution in [0.4, 0.5) is 5.69 Å². The number of halogens is 1. The number of nitrogens with one attached hydrogen (secondary N) is 1. The van der Waals surface area contributed by atoms with Gasteiger partial charge in [0.05, 0.1) is 0 Å². The average molecular weight is 384 g/mol. The fourth-order valence-corrected chi connectivity index (χ4v) is 3.36. The first kappa shape index (κ1) is 13.9. The molecule has 2 aliphatic rings. The molecule has 1 heterocycles. The van der Waals surface area contributed by atoms with Crippen molar-refractivity contribution in [3.8, 4) is 0 Å². The van der Waals surface area contributed by atoms with E-state index in [2.05, 4.69) is 27.9 Å². The molecule has 0 bridgehead atoms. The average Bonchev–Trinajstić information content (AvgIpc) is 3.22. The number of rotatable bonds is 2. The highest BCUT2D eigenvalue weighted by molar-refractivity contribution is 14.1. The standard InChI is InChI=1S/C15H17IN2O2/c1-15(10-5-6-10)14(20)18(8-7-13(19)17-15)12-4-2-3-11(16)9-12/h2-4,9-10H,5-8H2,1H3,(H,17,19). The third-order valence-electron chi connectivity index (χ3n) is 4.16. The highest BCUT2D eigenvalue weighted by atomic mass is 127. The molecule has 0 spiro atoms. The van der Waals surface area contributed by atoms with Crippen LogP contribution >= 0.6 is 22.6 Å². The number of nitrogens with zero attached hydrogens (tertiary/aromatic N) is 1. The van der Waals surface area contributed by atoms with Crippen LogP contribution < -0.4 is 10.2 Å². The van der Waals surface area contributed by atoms with Gasteiger partial charge in [-0.1, -0.05) is 6.07 Å². The molecule has 1 aliphatic carbocycles. The quantitative estimate of drug-likeness (QED) is 0.796. The molecule has 1 saturated heterocycles. The summed E-state index contributed by atoms with van der Waals surface area (Å²) in [6.07, 6.45) is 2.39. The Kier molecular flexibility index (Phi) is 3.48. The van der Waals surface area contributed by atoms with Crippen molar-refractivity contribution < 1.29 is 9.59 Å². The van der Waals surface area contributed by atoms with Crippen molar-refractivity contribution in [3.63, 3.8) is 0 Å². The molecule has 1 N–H and O–H groups in total. The van der Waals surface area contributed by atoms with Gasteiger partial charge in [-0.2, -0.15) is 0 Å². The molecule has 1 saturated carbocycles. The number of anilines is 1. The van der Waals surface area contributed by atoms with Crippen LogP contribution in [0.5, 0.6) is 0 Å². The maximum atomic E-state index is 12.9. The summed E-state index contributed by atoms with van der Waals surface area (Å²) in [5, 5.41) is 2.95. The van der Waals surface area contributed by atoms with E-state index in [1.54, 1.807) is 4.90 Å². The van der Waals surface area contributed by atoms with Gasteiger partial charge in [-0.3, -0.25) is 9.59 Å². The predicted octanol–water partition coefficient (Wildman–Crippen LogP) is 2.31. The number of hydrogen-bond donors (Lipinski definition) is 1. The maximum Gasteiger partial charge on any atom is 0.252 e. The number of hydrogen-bond acceptors (Lipinski definition) is 2. The molecule has 2 fully saturated rings. The van der Waals surface area contributed by atoms with Crippen molar-refractivity contribution >= 4 is 40.1 Å². The maximum absolute atomic E-state index is 12.9. The summed E-state index contributed by atoms with van der Waals surface area (Å²) < 4.78 is 1.09. The molecular formula is C15H17IN2O2. The second-order valence-electron chi connectivity index (χ2n) is 5.71. The van der Waals surface area contributed by atoms with Crippen LogP contribution in [0.25, 0.3) is 0 Å². The van der Waals surface area contributed by atoms with Crippen LogP contribution in [0.2, 0.25) is 0 Å². The molecule has 0 radical (unpaired) electrons. The van der Waals surface area contributed by atoms with E-state index >= 15 is 0 Å². The van der Waals surface area contributed by atoms with E-state index in [1.807, 2.05) is 31.2 Å². The van der Waals surface area contributed by atoms with Gasteiger partial charge in [0.25, 0.3) is 5.91 Å². The third kappa shape index (κ3) is 2.43. The molecule has 1 atom stereocenters. The lowest BCUT2D eigenvalue weighted by Gasteiger charge is -2.32. The summed E-state index contributed by atoms with van der Waals surface area (Å²) in [6, 6.07) is 7.86. The van der Waals surface area contributed by atoms with Crippen molar-refractivity contribution in [1.82, 2.24) is 5.32 Å². The van der Waals surface area contributed by atoms with E-state index in [4.69, 9.17) is 0 Å². The van der Waals surface area contributed by atoms with Gasteiger partial charge in [0.2, 0.25) is 5.91 Å². The van der Waals surface area contributed by atoms with Crippen molar-refractivity contribution in [1.29, 1.82) is 0 Å². The lowest BCUT2D eigenvalue weighted by atomic mass is 9.94. The minimum atomic E-state index is -0.741. The van der Waals surface area contributed by atoms with Crippen molar-refractivity contribution in [3.05, 3.63) is 27.8 Å².